The van der Waals surface area contributed by atoms with E-state index in [4.69, 9.17) is 17.3 Å². The van der Waals surface area contributed by atoms with Crippen molar-refractivity contribution in [1.29, 1.82) is 0 Å². The number of aromatic nitrogens is 1. The van der Waals surface area contributed by atoms with Crippen molar-refractivity contribution >= 4 is 17.3 Å². The van der Waals surface area contributed by atoms with Gasteiger partial charge in [-0.2, -0.15) is 0 Å². The molecule has 0 aliphatic carbocycles. The molecule has 0 saturated carbocycles. The number of anilines is 1. The Morgan fingerprint density at radius 1 is 1.60 bits per heavy atom. The third-order valence-corrected chi connectivity index (χ3v) is 1.43. The Labute approximate surface area is 75.3 Å². The van der Waals surface area contributed by atoms with Gasteiger partial charge in [-0.1, -0.05) is 11.6 Å². The quantitative estimate of drug-likeness (QED) is 0.508. The second kappa shape index (κ2) is 3.81. The molecule has 1 rings (SSSR count). The molecule has 0 unspecified atom stereocenters. The average Bonchev–Trinajstić information content (AvgIpc) is 1.80. The molecule has 2 nitrogen and oxygen atoms in total. The van der Waals surface area contributed by atoms with Crippen LogP contribution < -0.4 is 5.73 Å². The molecule has 0 spiro atoms. The summed E-state index contributed by atoms with van der Waals surface area (Å²) in [5.41, 5.74) is 6.97. The van der Waals surface area contributed by atoms with E-state index in [-0.39, 0.29) is 17.1 Å². The van der Waals surface area contributed by atoms with Gasteiger partial charge in [0.25, 0.3) is 0 Å². The Balaban J connectivity index is 0.000000810. The molecule has 1 aromatic heterocycles. The van der Waals surface area contributed by atoms with E-state index in [1.165, 1.54) is 6.20 Å². The minimum atomic E-state index is 0. The molecule has 1 heterocycles. The van der Waals surface area contributed by atoms with Gasteiger partial charge in [0.2, 0.25) is 0 Å². The van der Waals surface area contributed by atoms with Crippen LogP contribution in [0.1, 0.15) is 5.56 Å². The minimum absolute atomic E-state index is 0. The zero-order chi connectivity index (χ0) is 6.85. The topological polar surface area (TPSA) is 38.9 Å². The van der Waals surface area contributed by atoms with Crippen LogP contribution in [-0.2, 0) is 17.1 Å². The summed E-state index contributed by atoms with van der Waals surface area (Å²) in [5.74, 6) is 0. The van der Waals surface area contributed by atoms with E-state index in [1.54, 1.807) is 6.07 Å². The van der Waals surface area contributed by atoms with Gasteiger partial charge in [0, 0.05) is 17.1 Å². The SMILES string of the molecule is Cc1cc(N)cnc1Cl.[Fe]. The van der Waals surface area contributed by atoms with Crippen LogP contribution in [-0.4, -0.2) is 4.98 Å². The van der Waals surface area contributed by atoms with Gasteiger partial charge >= 0.3 is 0 Å². The van der Waals surface area contributed by atoms with Crippen LogP contribution in [0.25, 0.3) is 0 Å². The molecule has 2 N–H and O–H groups in total. The third-order valence-electron chi connectivity index (χ3n) is 1.04. The first-order valence-corrected chi connectivity index (χ1v) is 2.95. The molecule has 0 amide bonds. The second-order valence-electron chi connectivity index (χ2n) is 1.88. The van der Waals surface area contributed by atoms with Crippen LogP contribution in [0.3, 0.4) is 0 Å². The van der Waals surface area contributed by atoms with Crippen molar-refractivity contribution in [1.82, 2.24) is 4.98 Å². The predicted molar refractivity (Wildman–Crippen MR) is 38.4 cm³/mol. The molecule has 0 atom stereocenters. The molecular weight excluding hydrogens is 191 g/mol. The van der Waals surface area contributed by atoms with E-state index in [0.717, 1.165) is 5.56 Å². The maximum absolute atomic E-state index is 5.61. The first kappa shape index (κ1) is 9.76. The number of hydrogen-bond acceptors (Lipinski definition) is 2. The Bertz CT molecular complexity index is 227. The Morgan fingerprint density at radius 3 is 2.60 bits per heavy atom. The van der Waals surface area contributed by atoms with E-state index in [0.29, 0.717) is 10.8 Å². The van der Waals surface area contributed by atoms with Crippen LogP contribution in [0.15, 0.2) is 12.3 Å². The van der Waals surface area contributed by atoms with Crippen molar-refractivity contribution in [2.75, 3.05) is 5.73 Å². The van der Waals surface area contributed by atoms with E-state index in [1.807, 2.05) is 6.92 Å². The summed E-state index contributed by atoms with van der Waals surface area (Å²) in [6.45, 7) is 1.87. The van der Waals surface area contributed by atoms with Crippen LogP contribution in [0.5, 0.6) is 0 Å². The number of halogens is 1. The molecule has 10 heavy (non-hydrogen) atoms. The average molecular weight is 198 g/mol. The summed E-state index contributed by atoms with van der Waals surface area (Å²) < 4.78 is 0. The molecule has 0 radical (unpaired) electrons. The molecule has 0 fully saturated rings. The van der Waals surface area contributed by atoms with Crippen LogP contribution >= 0.6 is 11.6 Å². The fraction of sp³-hybridized carbons (Fsp3) is 0.167. The second-order valence-corrected chi connectivity index (χ2v) is 2.23. The summed E-state index contributed by atoms with van der Waals surface area (Å²) in [7, 11) is 0. The molecule has 1 aromatic rings. The van der Waals surface area contributed by atoms with Gasteiger partial charge in [0.05, 0.1) is 11.9 Å². The first-order valence-electron chi connectivity index (χ1n) is 2.58. The number of nitrogens with zero attached hydrogens (tertiary/aromatic N) is 1. The standard InChI is InChI=1S/C6H7ClN2.Fe/c1-4-2-5(8)3-9-6(4)7;/h2-3H,8H2,1H3;. The smallest absolute Gasteiger partial charge is 0.132 e. The maximum Gasteiger partial charge on any atom is 0.132 e. The summed E-state index contributed by atoms with van der Waals surface area (Å²) >= 11 is 5.61. The molecule has 0 saturated heterocycles. The van der Waals surface area contributed by atoms with E-state index >= 15 is 0 Å². The zero-order valence-electron chi connectivity index (χ0n) is 5.41. The number of hydrogen-bond donors (Lipinski definition) is 1. The Morgan fingerprint density at radius 2 is 2.20 bits per heavy atom. The Hall–Kier alpha value is -0.241. The van der Waals surface area contributed by atoms with Crippen molar-refractivity contribution in [3.63, 3.8) is 0 Å². The van der Waals surface area contributed by atoms with Gasteiger partial charge in [-0.25, -0.2) is 4.98 Å². The maximum atomic E-state index is 5.61. The largest absolute Gasteiger partial charge is 0.397 e. The summed E-state index contributed by atoms with van der Waals surface area (Å²) in [5, 5.41) is 0.518. The minimum Gasteiger partial charge on any atom is -0.397 e. The van der Waals surface area contributed by atoms with Gasteiger partial charge in [-0.05, 0) is 18.6 Å². The number of pyridine rings is 1. The van der Waals surface area contributed by atoms with Gasteiger partial charge < -0.3 is 5.73 Å². The van der Waals surface area contributed by atoms with Crippen molar-refractivity contribution in [3.8, 4) is 0 Å². The van der Waals surface area contributed by atoms with E-state index in [2.05, 4.69) is 4.98 Å². The molecule has 56 valence electrons. The van der Waals surface area contributed by atoms with E-state index in [9.17, 15) is 0 Å². The molecule has 0 aliphatic heterocycles. The zero-order valence-corrected chi connectivity index (χ0v) is 7.27. The summed E-state index contributed by atoms with van der Waals surface area (Å²) in [6.07, 6.45) is 1.54. The molecule has 0 aromatic carbocycles. The monoisotopic (exact) mass is 198 g/mol. The van der Waals surface area contributed by atoms with Gasteiger partial charge in [0.15, 0.2) is 0 Å². The fourth-order valence-corrected chi connectivity index (χ4v) is 0.683. The normalized spacial score (nSPS) is 8.60. The van der Waals surface area contributed by atoms with Crippen LogP contribution in [0.2, 0.25) is 5.15 Å². The first-order chi connectivity index (χ1) is 4.20. The van der Waals surface area contributed by atoms with Gasteiger partial charge in [0.1, 0.15) is 5.15 Å². The Kier molecular flexibility index (Phi) is 3.72. The summed E-state index contributed by atoms with van der Waals surface area (Å²) in [4.78, 5) is 3.82. The number of nitrogens with two attached hydrogens (primary N) is 1. The van der Waals surface area contributed by atoms with Crippen molar-refractivity contribution in [3.05, 3.63) is 23.0 Å². The van der Waals surface area contributed by atoms with Crippen LogP contribution in [0.4, 0.5) is 5.69 Å². The third kappa shape index (κ3) is 2.18. The number of rotatable bonds is 0. The fourth-order valence-electron chi connectivity index (χ4n) is 0.580. The van der Waals surface area contributed by atoms with Crippen molar-refractivity contribution < 1.29 is 17.1 Å². The van der Waals surface area contributed by atoms with Crippen molar-refractivity contribution in [2.45, 2.75) is 6.92 Å². The van der Waals surface area contributed by atoms with Gasteiger partial charge in [-0.15, -0.1) is 0 Å². The summed E-state index contributed by atoms with van der Waals surface area (Å²) in [6, 6.07) is 1.79. The molecule has 0 bridgehead atoms. The number of aryl methyl sites for hydroxylation is 1. The van der Waals surface area contributed by atoms with Gasteiger partial charge in [-0.3, -0.25) is 0 Å². The van der Waals surface area contributed by atoms with Crippen LogP contribution in [0, 0.1) is 6.92 Å². The number of nitrogen functional groups attached to an aromatic ring is 1. The molecule has 0 aliphatic rings. The molecule has 4 heteroatoms. The predicted octanol–water partition coefficient (Wildman–Crippen LogP) is 1.62. The molecular formula is C6H7ClFeN2. The van der Waals surface area contributed by atoms with Crippen molar-refractivity contribution in [2.24, 2.45) is 0 Å². The van der Waals surface area contributed by atoms with E-state index < -0.39 is 0 Å².